The first kappa shape index (κ1) is 19.2. The summed E-state index contributed by atoms with van der Waals surface area (Å²) in [5.41, 5.74) is 1.82. The zero-order valence-electron chi connectivity index (χ0n) is 14.7. The number of carbonyl (C=O) groups is 1. The lowest BCUT2D eigenvalue weighted by atomic mass is 10.1. The number of anilines is 2. The Morgan fingerprint density at radius 2 is 2.04 bits per heavy atom. The molecular weight excluding hydrogens is 372 g/mol. The Kier molecular flexibility index (Phi) is 7.52. The molecule has 0 bridgehead atoms. The van der Waals surface area contributed by atoms with Gasteiger partial charge in [-0.3, -0.25) is 4.79 Å². The molecule has 0 spiro atoms. The van der Waals surface area contributed by atoms with Gasteiger partial charge in [0.2, 0.25) is 0 Å². The normalized spacial score (nSPS) is 16.3. The summed E-state index contributed by atoms with van der Waals surface area (Å²) >= 11 is 3.48. The minimum absolute atomic E-state index is 0.119. The average Bonchev–Trinajstić information content (AvgIpc) is 2.55. The molecule has 24 heavy (non-hydrogen) atoms. The second-order valence-electron chi connectivity index (χ2n) is 6.45. The van der Waals surface area contributed by atoms with Crippen molar-refractivity contribution >= 4 is 33.2 Å². The monoisotopic (exact) mass is 398 g/mol. The average molecular weight is 399 g/mol. The summed E-state index contributed by atoms with van der Waals surface area (Å²) in [6.07, 6.45) is 0.480. The Labute approximate surface area is 152 Å². The van der Waals surface area contributed by atoms with E-state index in [1.807, 2.05) is 18.2 Å². The number of carbonyl (C=O) groups excluding carboxylic acids is 1. The number of hydrogen-bond donors (Lipinski definition) is 1. The van der Waals surface area contributed by atoms with Crippen LogP contribution in [0.3, 0.4) is 0 Å². The molecule has 1 saturated heterocycles. The molecule has 1 fully saturated rings. The minimum Gasteiger partial charge on any atom is -0.378 e. The van der Waals surface area contributed by atoms with Crippen molar-refractivity contribution in [2.45, 2.75) is 33.3 Å². The van der Waals surface area contributed by atoms with Gasteiger partial charge in [0, 0.05) is 24.2 Å². The lowest BCUT2D eigenvalue weighted by Crippen LogP contribution is -2.37. The lowest BCUT2D eigenvalue weighted by molar-refractivity contribution is -0.126. The molecule has 1 aromatic carbocycles. The first-order valence-electron chi connectivity index (χ1n) is 8.52. The first-order chi connectivity index (χ1) is 11.5. The standard InChI is InChI=1S/C18H27BrN2O3/c1-13(2)6-9-24-14(3)18(22)20-16-12-15(19)4-5-17(16)21-7-10-23-11-8-21/h4-5,12-14H,6-11H2,1-3H3,(H,20,22). The number of hydrogen-bond acceptors (Lipinski definition) is 4. The van der Waals surface area contributed by atoms with Crippen molar-refractivity contribution in [3.8, 4) is 0 Å². The first-order valence-corrected chi connectivity index (χ1v) is 9.31. The predicted octanol–water partition coefficient (Wildman–Crippen LogP) is 3.68. The van der Waals surface area contributed by atoms with Crippen molar-refractivity contribution in [1.29, 1.82) is 0 Å². The van der Waals surface area contributed by atoms with Crippen molar-refractivity contribution in [3.05, 3.63) is 22.7 Å². The van der Waals surface area contributed by atoms with Gasteiger partial charge in [-0.15, -0.1) is 0 Å². The number of benzene rings is 1. The summed E-state index contributed by atoms with van der Waals surface area (Å²) in [5.74, 6) is 0.449. The van der Waals surface area contributed by atoms with E-state index in [1.54, 1.807) is 6.92 Å². The number of amides is 1. The molecule has 6 heteroatoms. The van der Waals surface area contributed by atoms with Crippen LogP contribution < -0.4 is 10.2 Å². The van der Waals surface area contributed by atoms with E-state index in [9.17, 15) is 4.79 Å². The Morgan fingerprint density at radius 1 is 1.33 bits per heavy atom. The van der Waals surface area contributed by atoms with Crippen molar-refractivity contribution in [2.24, 2.45) is 5.92 Å². The van der Waals surface area contributed by atoms with Crippen molar-refractivity contribution in [1.82, 2.24) is 0 Å². The zero-order valence-corrected chi connectivity index (χ0v) is 16.3. The van der Waals surface area contributed by atoms with E-state index >= 15 is 0 Å². The van der Waals surface area contributed by atoms with E-state index in [0.29, 0.717) is 25.7 Å². The summed E-state index contributed by atoms with van der Waals surface area (Å²) in [4.78, 5) is 14.7. The van der Waals surface area contributed by atoms with Gasteiger partial charge in [-0.25, -0.2) is 0 Å². The second kappa shape index (κ2) is 9.39. The molecule has 1 N–H and O–H groups in total. The third kappa shape index (κ3) is 5.76. The van der Waals surface area contributed by atoms with Gasteiger partial charge in [-0.2, -0.15) is 0 Å². The van der Waals surface area contributed by atoms with Gasteiger partial charge in [0.05, 0.1) is 24.6 Å². The molecule has 1 heterocycles. The van der Waals surface area contributed by atoms with Crippen LogP contribution in [0.2, 0.25) is 0 Å². The van der Waals surface area contributed by atoms with Gasteiger partial charge in [-0.05, 0) is 37.5 Å². The van der Waals surface area contributed by atoms with Crippen LogP contribution in [0.15, 0.2) is 22.7 Å². The molecule has 1 amide bonds. The third-order valence-electron chi connectivity index (χ3n) is 4.00. The number of nitrogens with one attached hydrogen (secondary N) is 1. The summed E-state index contributed by atoms with van der Waals surface area (Å²) in [6, 6.07) is 5.95. The number of ether oxygens (including phenoxy) is 2. The number of halogens is 1. The van der Waals surface area contributed by atoms with E-state index in [-0.39, 0.29) is 5.91 Å². The molecule has 1 aromatic rings. The Hall–Kier alpha value is -1.11. The molecule has 1 unspecified atom stereocenters. The number of nitrogens with zero attached hydrogens (tertiary/aromatic N) is 1. The highest BCUT2D eigenvalue weighted by Crippen LogP contribution is 2.30. The zero-order chi connectivity index (χ0) is 17.5. The maximum absolute atomic E-state index is 12.4. The maximum atomic E-state index is 12.4. The molecule has 5 nitrogen and oxygen atoms in total. The van der Waals surface area contributed by atoms with Crippen LogP contribution in [-0.2, 0) is 14.3 Å². The second-order valence-corrected chi connectivity index (χ2v) is 7.36. The Bertz CT molecular complexity index is 545. The van der Waals surface area contributed by atoms with Crippen LogP contribution in [0, 0.1) is 5.92 Å². The van der Waals surface area contributed by atoms with E-state index in [2.05, 4.69) is 40.0 Å². The molecular formula is C18H27BrN2O3. The molecule has 0 aromatic heterocycles. The third-order valence-corrected chi connectivity index (χ3v) is 4.49. The number of rotatable bonds is 7. The largest absolute Gasteiger partial charge is 0.378 e. The minimum atomic E-state index is -0.472. The van der Waals surface area contributed by atoms with Crippen LogP contribution in [0.25, 0.3) is 0 Å². The highest BCUT2D eigenvalue weighted by Gasteiger charge is 2.19. The van der Waals surface area contributed by atoms with E-state index < -0.39 is 6.10 Å². The van der Waals surface area contributed by atoms with Crippen LogP contribution in [0.4, 0.5) is 11.4 Å². The van der Waals surface area contributed by atoms with Gasteiger partial charge in [0.1, 0.15) is 6.10 Å². The summed E-state index contributed by atoms with van der Waals surface area (Å²) in [6.45, 7) is 9.74. The highest BCUT2D eigenvalue weighted by molar-refractivity contribution is 9.10. The molecule has 2 rings (SSSR count). The molecule has 1 aliphatic heterocycles. The molecule has 1 atom stereocenters. The number of morpholine rings is 1. The molecule has 0 saturated carbocycles. The van der Waals surface area contributed by atoms with Gasteiger partial charge < -0.3 is 19.7 Å². The molecule has 134 valence electrons. The van der Waals surface area contributed by atoms with E-state index in [0.717, 1.165) is 35.4 Å². The fraction of sp³-hybridized carbons (Fsp3) is 0.611. The topological polar surface area (TPSA) is 50.8 Å². The molecule has 1 aliphatic rings. The summed E-state index contributed by atoms with van der Waals surface area (Å²) in [5, 5.41) is 3.01. The maximum Gasteiger partial charge on any atom is 0.253 e. The van der Waals surface area contributed by atoms with Crippen molar-refractivity contribution in [2.75, 3.05) is 43.1 Å². The van der Waals surface area contributed by atoms with Crippen molar-refractivity contribution in [3.63, 3.8) is 0 Å². The van der Waals surface area contributed by atoms with E-state index in [1.165, 1.54) is 0 Å². The van der Waals surface area contributed by atoms with Gasteiger partial charge in [0.25, 0.3) is 5.91 Å². The Morgan fingerprint density at radius 3 is 2.71 bits per heavy atom. The van der Waals surface area contributed by atoms with Crippen LogP contribution in [0.1, 0.15) is 27.2 Å². The van der Waals surface area contributed by atoms with Gasteiger partial charge >= 0.3 is 0 Å². The summed E-state index contributed by atoms with van der Waals surface area (Å²) < 4.78 is 12.0. The van der Waals surface area contributed by atoms with Gasteiger partial charge in [0.15, 0.2) is 0 Å². The fourth-order valence-electron chi connectivity index (χ4n) is 2.48. The predicted molar refractivity (Wildman–Crippen MR) is 101 cm³/mol. The van der Waals surface area contributed by atoms with Gasteiger partial charge in [-0.1, -0.05) is 29.8 Å². The smallest absolute Gasteiger partial charge is 0.253 e. The molecule has 0 aliphatic carbocycles. The highest BCUT2D eigenvalue weighted by atomic mass is 79.9. The summed E-state index contributed by atoms with van der Waals surface area (Å²) in [7, 11) is 0. The van der Waals surface area contributed by atoms with Crippen LogP contribution >= 0.6 is 15.9 Å². The van der Waals surface area contributed by atoms with Crippen LogP contribution in [-0.4, -0.2) is 44.9 Å². The SMILES string of the molecule is CC(C)CCOC(C)C(=O)Nc1cc(Br)ccc1N1CCOCC1. The van der Waals surface area contributed by atoms with Crippen LogP contribution in [0.5, 0.6) is 0 Å². The fourth-order valence-corrected chi connectivity index (χ4v) is 2.84. The Balaban J connectivity index is 2.02. The van der Waals surface area contributed by atoms with E-state index in [4.69, 9.17) is 9.47 Å². The lowest BCUT2D eigenvalue weighted by Gasteiger charge is -2.31. The quantitative estimate of drug-likeness (QED) is 0.760. The molecule has 0 radical (unpaired) electrons. The van der Waals surface area contributed by atoms with Crippen molar-refractivity contribution < 1.29 is 14.3 Å².